The third-order valence-electron chi connectivity index (χ3n) is 4.85. The van der Waals surface area contributed by atoms with E-state index in [1.165, 1.54) is 12.8 Å². The molecule has 1 fully saturated rings. The highest BCUT2D eigenvalue weighted by Gasteiger charge is 2.15. The van der Waals surface area contributed by atoms with Crippen LogP contribution in [0.4, 0.5) is 5.13 Å². The average Bonchev–Trinajstić information content (AvgIpc) is 3.41. The third-order valence-corrected chi connectivity index (χ3v) is 6.15. The maximum atomic E-state index is 6.32. The van der Waals surface area contributed by atoms with E-state index in [0.29, 0.717) is 6.54 Å². The van der Waals surface area contributed by atoms with Crippen LogP contribution < -0.4 is 20.3 Å². The van der Waals surface area contributed by atoms with Gasteiger partial charge < -0.3 is 20.3 Å². The van der Waals surface area contributed by atoms with Crippen LogP contribution in [0.5, 0.6) is 5.75 Å². The number of halogens is 2. The van der Waals surface area contributed by atoms with Crippen molar-refractivity contribution in [3.63, 3.8) is 0 Å². The molecule has 0 radical (unpaired) electrons. The van der Waals surface area contributed by atoms with Gasteiger partial charge in [0.1, 0.15) is 5.75 Å². The quantitative estimate of drug-likeness (QED) is 0.270. The van der Waals surface area contributed by atoms with E-state index in [4.69, 9.17) is 21.3 Å². The monoisotopic (exact) mass is 563 g/mol. The summed E-state index contributed by atoms with van der Waals surface area (Å²) < 4.78 is 5.20. The molecule has 2 aromatic rings. The van der Waals surface area contributed by atoms with Crippen LogP contribution in [-0.2, 0) is 12.8 Å². The van der Waals surface area contributed by atoms with Crippen molar-refractivity contribution >= 4 is 58.0 Å². The number of rotatable bonds is 9. The van der Waals surface area contributed by atoms with Crippen molar-refractivity contribution in [2.45, 2.75) is 32.6 Å². The summed E-state index contributed by atoms with van der Waals surface area (Å²) in [6.07, 6.45) is 4.22. The molecule has 0 spiro atoms. The highest BCUT2D eigenvalue weighted by Crippen LogP contribution is 2.24. The molecule has 6 nitrogen and oxygen atoms in total. The summed E-state index contributed by atoms with van der Waals surface area (Å²) >= 11 is 8.07. The predicted molar refractivity (Wildman–Crippen MR) is 138 cm³/mol. The van der Waals surface area contributed by atoms with E-state index in [2.05, 4.69) is 32.8 Å². The predicted octanol–water partition coefficient (Wildman–Crippen LogP) is 4.36. The Morgan fingerprint density at radius 3 is 2.77 bits per heavy atom. The first-order chi connectivity index (χ1) is 14.2. The highest BCUT2D eigenvalue weighted by molar-refractivity contribution is 14.0. The Hall–Kier alpha value is -1.26. The van der Waals surface area contributed by atoms with E-state index in [9.17, 15) is 0 Å². The zero-order valence-electron chi connectivity index (χ0n) is 17.6. The molecule has 1 aromatic heterocycles. The van der Waals surface area contributed by atoms with Gasteiger partial charge in [-0.1, -0.05) is 17.7 Å². The molecule has 0 bridgehead atoms. The smallest absolute Gasteiger partial charge is 0.191 e. The number of thiazole rings is 1. The zero-order chi connectivity index (χ0) is 20.5. The lowest BCUT2D eigenvalue weighted by Gasteiger charge is -2.12. The number of ether oxygens (including phenoxy) is 1. The molecule has 2 N–H and O–H groups in total. The first kappa shape index (κ1) is 25.0. The summed E-state index contributed by atoms with van der Waals surface area (Å²) in [6.45, 7) is 6.64. The minimum absolute atomic E-state index is 0. The Morgan fingerprint density at radius 2 is 2.07 bits per heavy atom. The fourth-order valence-electron chi connectivity index (χ4n) is 3.26. The second kappa shape index (κ2) is 13.2. The van der Waals surface area contributed by atoms with Gasteiger partial charge in [-0.2, -0.15) is 0 Å². The number of aliphatic imine (C=N–C) groups is 1. The molecule has 1 saturated heterocycles. The van der Waals surface area contributed by atoms with Crippen LogP contribution in [0.2, 0.25) is 5.02 Å². The molecule has 2 heterocycles. The van der Waals surface area contributed by atoms with Crippen LogP contribution >= 0.6 is 46.9 Å². The van der Waals surface area contributed by atoms with Crippen LogP contribution in [0, 0.1) is 0 Å². The Labute approximate surface area is 205 Å². The summed E-state index contributed by atoms with van der Waals surface area (Å²) in [5.74, 6) is 1.60. The molecule has 0 aliphatic carbocycles. The molecule has 166 valence electrons. The van der Waals surface area contributed by atoms with E-state index in [1.54, 1.807) is 18.4 Å². The van der Waals surface area contributed by atoms with Crippen LogP contribution in [0.3, 0.4) is 0 Å². The molecular formula is C21H31ClIN5OS. The SMILES string of the molecule is CCNC(=NCCc1csc(N2CCCC2)n1)NCCc1ccc(OC)cc1Cl.I. The number of methoxy groups -OCH3 is 1. The summed E-state index contributed by atoms with van der Waals surface area (Å²) in [6, 6.07) is 5.79. The van der Waals surface area contributed by atoms with Crippen molar-refractivity contribution in [3.05, 3.63) is 39.9 Å². The fraction of sp³-hybridized carbons (Fsp3) is 0.524. The number of nitrogens with zero attached hydrogens (tertiary/aromatic N) is 3. The minimum atomic E-state index is 0. The van der Waals surface area contributed by atoms with Crippen LogP contribution in [0.25, 0.3) is 0 Å². The van der Waals surface area contributed by atoms with Crippen LogP contribution in [-0.4, -0.2) is 50.8 Å². The summed E-state index contributed by atoms with van der Waals surface area (Å²) in [4.78, 5) is 11.8. The second-order valence-corrected chi connectivity index (χ2v) is 8.20. The molecule has 9 heteroatoms. The van der Waals surface area contributed by atoms with E-state index < -0.39 is 0 Å². The maximum Gasteiger partial charge on any atom is 0.191 e. The normalized spacial score (nSPS) is 13.8. The summed E-state index contributed by atoms with van der Waals surface area (Å²) in [5.41, 5.74) is 2.22. The number of anilines is 1. The molecule has 0 atom stereocenters. The molecule has 0 saturated carbocycles. The van der Waals surface area contributed by atoms with Gasteiger partial charge in [0.15, 0.2) is 11.1 Å². The van der Waals surface area contributed by atoms with Crippen molar-refractivity contribution in [2.75, 3.05) is 44.7 Å². The Morgan fingerprint density at radius 1 is 1.27 bits per heavy atom. The molecular weight excluding hydrogens is 533 g/mol. The van der Waals surface area contributed by atoms with Crippen molar-refractivity contribution in [1.29, 1.82) is 0 Å². The topological polar surface area (TPSA) is 61.8 Å². The van der Waals surface area contributed by atoms with E-state index in [-0.39, 0.29) is 24.0 Å². The van der Waals surface area contributed by atoms with Crippen LogP contribution in [0.15, 0.2) is 28.6 Å². The lowest BCUT2D eigenvalue weighted by molar-refractivity contribution is 0.414. The third kappa shape index (κ3) is 7.46. The van der Waals surface area contributed by atoms with Gasteiger partial charge in [0.25, 0.3) is 0 Å². The molecule has 1 aliphatic rings. The number of nitrogens with one attached hydrogen (secondary N) is 2. The van der Waals surface area contributed by atoms with Gasteiger partial charge in [0.05, 0.1) is 12.8 Å². The molecule has 1 aromatic carbocycles. The van der Waals surface area contributed by atoms with E-state index in [0.717, 1.165) is 72.1 Å². The van der Waals surface area contributed by atoms with E-state index >= 15 is 0 Å². The van der Waals surface area contributed by atoms with Gasteiger partial charge in [0, 0.05) is 49.5 Å². The Balaban J connectivity index is 0.00000320. The van der Waals surface area contributed by atoms with Gasteiger partial charge in [-0.25, -0.2) is 4.98 Å². The average molecular weight is 564 g/mol. The molecule has 1 aliphatic heterocycles. The number of aromatic nitrogens is 1. The first-order valence-electron chi connectivity index (χ1n) is 10.2. The van der Waals surface area contributed by atoms with Gasteiger partial charge in [-0.3, -0.25) is 4.99 Å². The molecule has 0 amide bonds. The maximum absolute atomic E-state index is 6.32. The largest absolute Gasteiger partial charge is 0.497 e. The Kier molecular flexibility index (Phi) is 11.0. The number of guanidine groups is 1. The molecule has 3 rings (SSSR count). The standard InChI is InChI=1S/C21H30ClN5OS.HI/c1-3-23-20(24-10-8-16-6-7-18(28-2)14-19(16)22)25-11-9-17-15-29-21(26-17)27-12-4-5-13-27;/h6-7,14-15H,3-5,8-13H2,1-2H3,(H2,23,24,25);1H. The van der Waals surface area contributed by atoms with Gasteiger partial charge in [-0.15, -0.1) is 35.3 Å². The highest BCUT2D eigenvalue weighted by atomic mass is 127. The van der Waals surface area contributed by atoms with Gasteiger partial charge in [-0.05, 0) is 43.9 Å². The Bertz CT molecular complexity index is 810. The lowest BCUT2D eigenvalue weighted by Crippen LogP contribution is -2.38. The van der Waals surface area contributed by atoms with E-state index in [1.807, 2.05) is 18.2 Å². The second-order valence-electron chi connectivity index (χ2n) is 6.96. The first-order valence-corrected chi connectivity index (χ1v) is 11.5. The van der Waals surface area contributed by atoms with Crippen molar-refractivity contribution in [2.24, 2.45) is 4.99 Å². The van der Waals surface area contributed by atoms with Gasteiger partial charge >= 0.3 is 0 Å². The minimum Gasteiger partial charge on any atom is -0.497 e. The fourth-order valence-corrected chi connectivity index (χ4v) is 4.44. The number of benzene rings is 1. The summed E-state index contributed by atoms with van der Waals surface area (Å²) in [7, 11) is 1.64. The lowest BCUT2D eigenvalue weighted by atomic mass is 10.1. The zero-order valence-corrected chi connectivity index (χ0v) is 21.5. The van der Waals surface area contributed by atoms with Crippen LogP contribution in [0.1, 0.15) is 31.0 Å². The van der Waals surface area contributed by atoms with Crippen molar-refractivity contribution < 1.29 is 4.74 Å². The van der Waals surface area contributed by atoms with Gasteiger partial charge in [0.2, 0.25) is 0 Å². The number of hydrogen-bond donors (Lipinski definition) is 2. The van der Waals surface area contributed by atoms with Crippen molar-refractivity contribution in [3.8, 4) is 5.75 Å². The summed E-state index contributed by atoms with van der Waals surface area (Å²) in [5, 5.41) is 10.7. The number of hydrogen-bond acceptors (Lipinski definition) is 5. The van der Waals surface area contributed by atoms with Crippen molar-refractivity contribution in [1.82, 2.24) is 15.6 Å². The molecule has 0 unspecified atom stereocenters. The molecule has 30 heavy (non-hydrogen) atoms.